The number of hydrogen-bond acceptors (Lipinski definition) is 4. The van der Waals surface area contributed by atoms with E-state index in [9.17, 15) is 0 Å². The van der Waals surface area contributed by atoms with E-state index in [1.165, 1.54) is 0 Å². The molecule has 5 heteroatoms. The molecule has 0 aromatic rings. The van der Waals surface area contributed by atoms with Crippen LogP contribution < -0.4 is 0 Å². The van der Waals surface area contributed by atoms with Crippen LogP contribution in [0.3, 0.4) is 0 Å². The van der Waals surface area contributed by atoms with E-state index in [1.54, 1.807) is 6.26 Å². The third-order valence-electron chi connectivity index (χ3n) is 0.690. The van der Waals surface area contributed by atoms with Crippen molar-refractivity contribution in [2.45, 2.75) is 19.8 Å². The fourth-order valence-electron chi connectivity index (χ4n) is 0.316. The summed E-state index contributed by atoms with van der Waals surface area (Å²) in [4.78, 5) is 0. The zero-order valence-electron chi connectivity index (χ0n) is 10.2. The molecule has 0 aromatic carbocycles. The molecule has 0 aliphatic rings. The second-order valence-corrected chi connectivity index (χ2v) is 1.50. The second-order valence-electron chi connectivity index (χ2n) is 1.50. The minimum atomic E-state index is 0. The van der Waals surface area contributed by atoms with Gasteiger partial charge in [-0.15, -0.1) is 6.42 Å². The van der Waals surface area contributed by atoms with E-state index in [4.69, 9.17) is 20.1 Å². The summed E-state index contributed by atoms with van der Waals surface area (Å²) in [6.07, 6.45) is 5.59. The van der Waals surface area contributed by atoms with Gasteiger partial charge in [-0.3, -0.25) is 0 Å². The summed E-state index contributed by atoms with van der Waals surface area (Å²) >= 11 is 0. The topological polar surface area (TPSA) is 69.9 Å². The molecule has 0 atom stereocenters. The molecule has 0 saturated heterocycles. The molecule has 15 heavy (non-hydrogen) atoms. The molecule has 0 aliphatic heterocycles. The first-order valence-electron chi connectivity index (χ1n) is 4.31. The van der Waals surface area contributed by atoms with Gasteiger partial charge in [-0.2, -0.15) is 0 Å². The molecule has 3 N–H and O–H groups in total. The standard InChI is InChI=1S/C7H13O.3CH4O.Ti/c1-3-5-7-8-6-4-2;3*1-2;/h5,7H,2-4,6H2,1H3;3*2H,1H3;/q-1;;;;. The number of allylic oxidation sites excluding steroid dienone is 1. The maximum Gasteiger partial charge on any atom is 0.0787 e. The number of aliphatic hydroxyl groups is 3. The van der Waals surface area contributed by atoms with Gasteiger partial charge in [0.05, 0.1) is 12.9 Å². The Labute approximate surface area is 109 Å². The van der Waals surface area contributed by atoms with Gasteiger partial charge in [-0.1, -0.05) is 13.0 Å². The van der Waals surface area contributed by atoms with E-state index < -0.39 is 0 Å². The fraction of sp³-hybridized carbons (Fsp3) is 0.700. The third-order valence-corrected chi connectivity index (χ3v) is 0.690. The van der Waals surface area contributed by atoms with Crippen LogP contribution in [-0.2, 0) is 26.5 Å². The van der Waals surface area contributed by atoms with Crippen molar-refractivity contribution in [3.05, 3.63) is 19.3 Å². The molecule has 0 rings (SSSR count). The van der Waals surface area contributed by atoms with E-state index in [1.807, 2.05) is 6.08 Å². The quantitative estimate of drug-likeness (QED) is 0.304. The molecule has 0 fully saturated rings. The van der Waals surface area contributed by atoms with Crippen molar-refractivity contribution in [3.8, 4) is 0 Å². The first-order chi connectivity index (χ1) is 6.91. The Kier molecular flexibility index (Phi) is 127. The minimum Gasteiger partial charge on any atom is -0.504 e. The Morgan fingerprint density at radius 1 is 1.07 bits per heavy atom. The first kappa shape index (κ1) is 29.4. The fourth-order valence-corrected chi connectivity index (χ4v) is 0.316. The number of ether oxygens (including phenoxy) is 1. The van der Waals surface area contributed by atoms with Crippen molar-refractivity contribution in [2.75, 3.05) is 27.9 Å². The molecular weight excluding hydrogens is 232 g/mol. The maximum atomic E-state index is 7.00. The van der Waals surface area contributed by atoms with Crippen LogP contribution in [0.25, 0.3) is 0 Å². The van der Waals surface area contributed by atoms with Crippen LogP contribution >= 0.6 is 0 Å². The molecule has 0 saturated carbocycles. The molecule has 0 aromatic heterocycles. The monoisotopic (exact) mass is 257 g/mol. The van der Waals surface area contributed by atoms with Gasteiger partial charge < -0.3 is 27.0 Å². The zero-order chi connectivity index (χ0) is 12.2. The molecule has 0 spiro atoms. The maximum absolute atomic E-state index is 7.00. The van der Waals surface area contributed by atoms with Gasteiger partial charge in [0, 0.05) is 43.0 Å². The van der Waals surface area contributed by atoms with Crippen LogP contribution in [0, 0.1) is 6.92 Å². The molecule has 4 nitrogen and oxygen atoms in total. The zero-order valence-corrected chi connectivity index (χ0v) is 11.8. The van der Waals surface area contributed by atoms with Crippen LogP contribution in [0.4, 0.5) is 0 Å². The van der Waals surface area contributed by atoms with Crippen molar-refractivity contribution in [1.82, 2.24) is 0 Å². The SMILES string of the molecule is CO.CO.CO.[CH2-]CCOC=CCC.[Ti]. The van der Waals surface area contributed by atoms with Crippen LogP contribution in [0.1, 0.15) is 19.8 Å². The van der Waals surface area contributed by atoms with E-state index in [-0.39, 0.29) is 21.7 Å². The van der Waals surface area contributed by atoms with E-state index in [0.29, 0.717) is 0 Å². The predicted molar refractivity (Wildman–Crippen MR) is 59.8 cm³/mol. The number of hydrogen-bond donors (Lipinski definition) is 3. The van der Waals surface area contributed by atoms with Crippen molar-refractivity contribution in [2.24, 2.45) is 0 Å². The molecule has 94 valence electrons. The summed E-state index contributed by atoms with van der Waals surface area (Å²) in [5.41, 5.74) is 0. The van der Waals surface area contributed by atoms with Gasteiger partial charge in [0.15, 0.2) is 0 Å². The van der Waals surface area contributed by atoms with Gasteiger partial charge in [-0.05, 0) is 6.42 Å². The molecule has 0 unspecified atom stereocenters. The summed E-state index contributed by atoms with van der Waals surface area (Å²) in [6, 6.07) is 0. The molecule has 0 heterocycles. The molecule has 0 amide bonds. The van der Waals surface area contributed by atoms with E-state index >= 15 is 0 Å². The van der Waals surface area contributed by atoms with Crippen molar-refractivity contribution in [1.29, 1.82) is 0 Å². The number of rotatable bonds is 4. The smallest absolute Gasteiger partial charge is 0.0787 e. The number of aliphatic hydroxyl groups excluding tert-OH is 3. The molecule has 0 aliphatic carbocycles. The Bertz CT molecular complexity index is 70.4. The van der Waals surface area contributed by atoms with E-state index in [0.717, 1.165) is 40.8 Å². The van der Waals surface area contributed by atoms with Crippen LogP contribution in [0.2, 0.25) is 0 Å². The van der Waals surface area contributed by atoms with Crippen LogP contribution in [0.5, 0.6) is 0 Å². The van der Waals surface area contributed by atoms with Crippen LogP contribution in [0.15, 0.2) is 12.3 Å². The van der Waals surface area contributed by atoms with Crippen molar-refractivity contribution in [3.63, 3.8) is 0 Å². The molecular formula is C10H25O4Ti-. The normalized spacial score (nSPS) is 6.67. The molecule has 0 bridgehead atoms. The first-order valence-corrected chi connectivity index (χ1v) is 4.31. The summed E-state index contributed by atoms with van der Waals surface area (Å²) in [6.45, 7) is 6.43. The Morgan fingerprint density at radius 2 is 1.47 bits per heavy atom. The summed E-state index contributed by atoms with van der Waals surface area (Å²) in [7, 11) is 3.00. The van der Waals surface area contributed by atoms with Crippen molar-refractivity contribution < 1.29 is 41.8 Å². The van der Waals surface area contributed by atoms with Gasteiger partial charge in [0.2, 0.25) is 0 Å². The Balaban J connectivity index is -0.0000000410. The minimum absolute atomic E-state index is 0. The van der Waals surface area contributed by atoms with Gasteiger partial charge in [0.25, 0.3) is 0 Å². The van der Waals surface area contributed by atoms with Gasteiger partial charge in [0.1, 0.15) is 0 Å². The van der Waals surface area contributed by atoms with Crippen molar-refractivity contribution >= 4 is 0 Å². The Hall–Kier alpha value is 0.134. The second kappa shape index (κ2) is 64.8. The Morgan fingerprint density at radius 3 is 1.73 bits per heavy atom. The van der Waals surface area contributed by atoms with Gasteiger partial charge >= 0.3 is 0 Å². The summed E-state index contributed by atoms with van der Waals surface area (Å²) < 4.78 is 4.98. The van der Waals surface area contributed by atoms with E-state index in [2.05, 4.69) is 13.8 Å². The molecule has 0 radical (unpaired) electrons. The van der Waals surface area contributed by atoms with Crippen LogP contribution in [-0.4, -0.2) is 43.3 Å². The van der Waals surface area contributed by atoms with Gasteiger partial charge in [-0.25, -0.2) is 0 Å². The summed E-state index contributed by atoms with van der Waals surface area (Å²) in [5.74, 6) is 0. The average molecular weight is 257 g/mol. The summed E-state index contributed by atoms with van der Waals surface area (Å²) in [5, 5.41) is 21.0. The largest absolute Gasteiger partial charge is 0.504 e. The third kappa shape index (κ3) is 78.9. The predicted octanol–water partition coefficient (Wildman–Crippen LogP) is 0.974. The average Bonchev–Trinajstić information content (AvgIpc) is 2.33.